The number of nitrogens with zero attached hydrogens (tertiary/aromatic N) is 3. The molecular formula is C21H22N4O2. The number of hydrogen-bond donors (Lipinski definition) is 1. The number of rotatable bonds is 6. The van der Waals surface area contributed by atoms with Crippen LogP contribution in [0.15, 0.2) is 59.8 Å². The number of aromatic nitrogens is 3. The Balaban J connectivity index is 1.68. The lowest BCUT2D eigenvalue weighted by molar-refractivity contribution is -0.116. The third kappa shape index (κ3) is 4.67. The van der Waals surface area contributed by atoms with E-state index in [-0.39, 0.29) is 11.5 Å². The molecule has 6 nitrogen and oxygen atoms in total. The van der Waals surface area contributed by atoms with Gasteiger partial charge in [-0.05, 0) is 35.7 Å². The van der Waals surface area contributed by atoms with E-state index in [1.165, 1.54) is 23.2 Å². The van der Waals surface area contributed by atoms with Gasteiger partial charge >= 0.3 is 0 Å². The van der Waals surface area contributed by atoms with E-state index in [0.717, 1.165) is 11.3 Å². The Bertz CT molecular complexity index is 1020. The summed E-state index contributed by atoms with van der Waals surface area (Å²) >= 11 is 0. The number of pyridine rings is 1. The Morgan fingerprint density at radius 1 is 1.22 bits per heavy atom. The molecule has 1 aromatic carbocycles. The van der Waals surface area contributed by atoms with Gasteiger partial charge in [-0.1, -0.05) is 26.0 Å². The molecular weight excluding hydrogens is 340 g/mol. The molecule has 1 amide bonds. The van der Waals surface area contributed by atoms with Gasteiger partial charge in [-0.25, -0.2) is 4.98 Å². The second kappa shape index (κ2) is 8.40. The molecule has 0 aliphatic heterocycles. The topological polar surface area (TPSA) is 76.9 Å². The molecule has 0 unspecified atom stereocenters. The third-order valence-electron chi connectivity index (χ3n) is 4.27. The molecule has 3 aromatic rings. The second-order valence-electron chi connectivity index (χ2n) is 6.57. The van der Waals surface area contributed by atoms with Gasteiger partial charge < -0.3 is 5.32 Å². The zero-order valence-electron chi connectivity index (χ0n) is 15.4. The van der Waals surface area contributed by atoms with Crippen molar-refractivity contribution in [2.75, 3.05) is 6.54 Å². The minimum absolute atomic E-state index is 0.194. The van der Waals surface area contributed by atoms with Crippen LogP contribution in [0, 0.1) is 0 Å². The van der Waals surface area contributed by atoms with Crippen molar-refractivity contribution >= 4 is 23.0 Å². The Morgan fingerprint density at radius 3 is 2.81 bits per heavy atom. The molecule has 6 heteroatoms. The zero-order chi connectivity index (χ0) is 19.2. The molecule has 0 radical (unpaired) electrons. The van der Waals surface area contributed by atoms with Crippen molar-refractivity contribution < 1.29 is 4.79 Å². The molecule has 0 saturated carbocycles. The number of benzene rings is 1. The summed E-state index contributed by atoms with van der Waals surface area (Å²) in [6.45, 7) is 4.62. The number of nitrogens with one attached hydrogen (secondary N) is 1. The lowest BCUT2D eigenvalue weighted by Crippen LogP contribution is -2.24. The van der Waals surface area contributed by atoms with Gasteiger partial charge in [0, 0.05) is 37.1 Å². The van der Waals surface area contributed by atoms with Crippen LogP contribution in [0.4, 0.5) is 0 Å². The predicted molar refractivity (Wildman–Crippen MR) is 106 cm³/mol. The first-order valence-corrected chi connectivity index (χ1v) is 8.91. The summed E-state index contributed by atoms with van der Waals surface area (Å²) < 4.78 is 1.32. The minimum atomic E-state index is -0.270. The van der Waals surface area contributed by atoms with Gasteiger partial charge in [-0.2, -0.15) is 0 Å². The highest BCUT2D eigenvalue weighted by Gasteiger charge is 2.06. The highest BCUT2D eigenvalue weighted by molar-refractivity contribution is 5.90. The molecule has 0 spiro atoms. The number of carbonyl (C=O) groups excluding carboxylic acids is 1. The van der Waals surface area contributed by atoms with Gasteiger partial charge in [-0.3, -0.25) is 19.1 Å². The Kier molecular flexibility index (Phi) is 5.76. The summed E-state index contributed by atoms with van der Waals surface area (Å²) in [6.07, 6.45) is 6.57. The first-order valence-electron chi connectivity index (χ1n) is 8.91. The summed E-state index contributed by atoms with van der Waals surface area (Å²) in [7, 11) is 0. The van der Waals surface area contributed by atoms with E-state index < -0.39 is 0 Å². The molecule has 1 N–H and O–H groups in total. The molecule has 0 fully saturated rings. The molecule has 27 heavy (non-hydrogen) atoms. The smallest absolute Gasteiger partial charge is 0.265 e. The quantitative estimate of drug-likeness (QED) is 0.684. The molecule has 0 atom stereocenters. The van der Waals surface area contributed by atoms with E-state index in [4.69, 9.17) is 0 Å². The molecule has 138 valence electrons. The van der Waals surface area contributed by atoms with Crippen LogP contribution in [0.1, 0.15) is 31.0 Å². The maximum absolute atomic E-state index is 12.6. The molecule has 0 aliphatic rings. The SMILES string of the molecule is CC(C)c1ccc2ncn(/C=C/C(=O)NCCc3ccccn3)c(=O)c2c1. The molecule has 0 saturated heterocycles. The van der Waals surface area contributed by atoms with Crippen molar-refractivity contribution in [3.63, 3.8) is 0 Å². The number of carbonyl (C=O) groups is 1. The molecule has 0 aliphatic carbocycles. The fourth-order valence-corrected chi connectivity index (χ4v) is 2.69. The average molecular weight is 362 g/mol. The number of amides is 1. The van der Waals surface area contributed by atoms with Crippen LogP contribution in [0.2, 0.25) is 0 Å². The fourth-order valence-electron chi connectivity index (χ4n) is 2.69. The lowest BCUT2D eigenvalue weighted by atomic mass is 10.0. The first kappa shape index (κ1) is 18.5. The van der Waals surface area contributed by atoms with Crippen molar-refractivity contribution in [2.24, 2.45) is 0 Å². The summed E-state index contributed by atoms with van der Waals surface area (Å²) in [5.41, 5.74) is 2.45. The van der Waals surface area contributed by atoms with Gasteiger partial charge in [-0.15, -0.1) is 0 Å². The standard InChI is InChI=1S/C21H22N4O2/c1-15(2)16-6-7-19-18(13-16)21(27)25(14-24-19)12-9-20(26)23-11-8-17-5-3-4-10-22-17/h3-7,9-10,12-15H,8,11H2,1-2H3,(H,23,26)/b12-9+. The lowest BCUT2D eigenvalue weighted by Gasteiger charge is -2.07. The monoisotopic (exact) mass is 362 g/mol. The van der Waals surface area contributed by atoms with Crippen LogP contribution in [-0.4, -0.2) is 27.0 Å². The molecule has 3 rings (SSSR count). The average Bonchev–Trinajstić information content (AvgIpc) is 2.68. The maximum Gasteiger partial charge on any atom is 0.265 e. The van der Waals surface area contributed by atoms with Gasteiger partial charge in [0.2, 0.25) is 5.91 Å². The van der Waals surface area contributed by atoms with Crippen molar-refractivity contribution in [3.05, 3.63) is 76.6 Å². The number of fused-ring (bicyclic) bond motifs is 1. The van der Waals surface area contributed by atoms with Gasteiger partial charge in [0.05, 0.1) is 10.9 Å². The van der Waals surface area contributed by atoms with E-state index in [1.807, 2.05) is 36.4 Å². The van der Waals surface area contributed by atoms with Crippen LogP contribution in [0.5, 0.6) is 0 Å². The molecule has 2 aromatic heterocycles. The second-order valence-corrected chi connectivity index (χ2v) is 6.57. The van der Waals surface area contributed by atoms with Crippen molar-refractivity contribution in [1.82, 2.24) is 19.9 Å². The highest BCUT2D eigenvalue weighted by Crippen LogP contribution is 2.17. The Hall–Kier alpha value is -3.28. The van der Waals surface area contributed by atoms with E-state index in [1.54, 1.807) is 6.20 Å². The molecule has 2 heterocycles. The van der Waals surface area contributed by atoms with Crippen molar-refractivity contribution in [1.29, 1.82) is 0 Å². The Labute approximate surface area is 157 Å². The summed E-state index contributed by atoms with van der Waals surface area (Å²) in [5.74, 6) is 0.0525. The van der Waals surface area contributed by atoms with E-state index in [0.29, 0.717) is 29.8 Å². The van der Waals surface area contributed by atoms with Crippen molar-refractivity contribution in [2.45, 2.75) is 26.2 Å². The van der Waals surface area contributed by atoms with E-state index >= 15 is 0 Å². The van der Waals surface area contributed by atoms with Gasteiger partial charge in [0.15, 0.2) is 0 Å². The van der Waals surface area contributed by atoms with Crippen LogP contribution < -0.4 is 10.9 Å². The predicted octanol–water partition coefficient (Wildman–Crippen LogP) is 2.74. The summed E-state index contributed by atoms with van der Waals surface area (Å²) in [5, 5.41) is 3.33. The van der Waals surface area contributed by atoms with Crippen LogP contribution in [-0.2, 0) is 11.2 Å². The largest absolute Gasteiger partial charge is 0.352 e. The minimum Gasteiger partial charge on any atom is -0.352 e. The van der Waals surface area contributed by atoms with Crippen molar-refractivity contribution in [3.8, 4) is 0 Å². The summed E-state index contributed by atoms with van der Waals surface area (Å²) in [6, 6.07) is 11.4. The van der Waals surface area contributed by atoms with Crippen LogP contribution in [0.25, 0.3) is 17.1 Å². The Morgan fingerprint density at radius 2 is 2.07 bits per heavy atom. The normalized spacial score (nSPS) is 11.4. The van der Waals surface area contributed by atoms with E-state index in [9.17, 15) is 9.59 Å². The van der Waals surface area contributed by atoms with Gasteiger partial charge in [0.25, 0.3) is 5.56 Å². The third-order valence-corrected chi connectivity index (χ3v) is 4.27. The summed E-state index contributed by atoms with van der Waals surface area (Å²) in [4.78, 5) is 33.1. The highest BCUT2D eigenvalue weighted by atomic mass is 16.1. The molecule has 0 bridgehead atoms. The van der Waals surface area contributed by atoms with Crippen LogP contribution >= 0.6 is 0 Å². The van der Waals surface area contributed by atoms with Gasteiger partial charge in [0.1, 0.15) is 6.33 Å². The zero-order valence-corrected chi connectivity index (χ0v) is 15.4. The maximum atomic E-state index is 12.6. The first-order chi connectivity index (χ1) is 13.0. The van der Waals surface area contributed by atoms with E-state index in [2.05, 4.69) is 29.1 Å². The number of hydrogen-bond acceptors (Lipinski definition) is 4. The fraction of sp³-hybridized carbons (Fsp3) is 0.238. The van der Waals surface area contributed by atoms with Crippen LogP contribution in [0.3, 0.4) is 0 Å².